The van der Waals surface area contributed by atoms with Gasteiger partial charge in [-0.2, -0.15) is 0 Å². The van der Waals surface area contributed by atoms with Crippen molar-refractivity contribution in [2.75, 3.05) is 33.3 Å². The summed E-state index contributed by atoms with van der Waals surface area (Å²) in [6.07, 6.45) is 3.04. The van der Waals surface area contributed by atoms with Crippen LogP contribution in [0.1, 0.15) is 30.9 Å². The molecule has 122 valence electrons. The highest BCUT2D eigenvalue weighted by molar-refractivity contribution is 5.78. The molecule has 0 radical (unpaired) electrons. The molecule has 1 aromatic carbocycles. The second-order valence-corrected chi connectivity index (χ2v) is 6.40. The molecule has 1 fully saturated rings. The molecule has 1 aliphatic rings. The van der Waals surface area contributed by atoms with Gasteiger partial charge in [-0.15, -0.1) is 0 Å². The summed E-state index contributed by atoms with van der Waals surface area (Å²) >= 11 is 0. The summed E-state index contributed by atoms with van der Waals surface area (Å²) in [5, 5.41) is 3.05. The van der Waals surface area contributed by atoms with E-state index in [-0.39, 0.29) is 5.91 Å². The average Bonchev–Trinajstić information content (AvgIpc) is 3.00. The van der Waals surface area contributed by atoms with Crippen LogP contribution in [0.15, 0.2) is 18.2 Å². The Labute approximate surface area is 133 Å². The van der Waals surface area contributed by atoms with Crippen molar-refractivity contribution in [1.29, 1.82) is 0 Å². The zero-order chi connectivity index (χ0) is 15.9. The minimum atomic E-state index is 0.0826. The molecule has 1 heterocycles. The smallest absolute Gasteiger partial charge is 0.224 e. The summed E-state index contributed by atoms with van der Waals surface area (Å²) in [5.41, 5.74) is 2.08. The fraction of sp³-hybridized carbons (Fsp3) is 0.611. The van der Waals surface area contributed by atoms with E-state index in [1.165, 1.54) is 25.9 Å². The second-order valence-electron chi connectivity index (χ2n) is 6.40. The Balaban J connectivity index is 1.75. The van der Waals surface area contributed by atoms with Gasteiger partial charge in [-0.1, -0.05) is 19.1 Å². The highest BCUT2D eigenvalue weighted by atomic mass is 16.5. The Morgan fingerprint density at radius 3 is 2.77 bits per heavy atom. The standard InChI is InChI=1S/C18H28N2O2/c1-14(13-20-8-4-5-9-20)12-19-18(21)11-16-7-6-15(2)17(10-16)22-3/h6-7,10,14H,4-5,8-9,11-13H2,1-3H3,(H,19,21). The maximum Gasteiger partial charge on any atom is 0.224 e. The molecule has 1 amide bonds. The number of hydrogen-bond donors (Lipinski definition) is 1. The van der Waals surface area contributed by atoms with Gasteiger partial charge in [-0.3, -0.25) is 4.79 Å². The van der Waals surface area contributed by atoms with E-state index < -0.39 is 0 Å². The van der Waals surface area contributed by atoms with Crippen LogP contribution in [0.3, 0.4) is 0 Å². The first-order chi connectivity index (χ1) is 10.6. The Morgan fingerprint density at radius 2 is 2.09 bits per heavy atom. The van der Waals surface area contributed by atoms with Crippen molar-refractivity contribution >= 4 is 5.91 Å². The molecule has 1 saturated heterocycles. The summed E-state index contributed by atoms with van der Waals surface area (Å²) in [4.78, 5) is 14.6. The van der Waals surface area contributed by atoms with E-state index in [1.54, 1.807) is 7.11 Å². The Bertz CT molecular complexity index is 496. The maximum atomic E-state index is 12.1. The molecule has 22 heavy (non-hydrogen) atoms. The van der Waals surface area contributed by atoms with Gasteiger partial charge in [0.05, 0.1) is 13.5 Å². The summed E-state index contributed by atoms with van der Waals surface area (Å²) in [7, 11) is 1.66. The summed E-state index contributed by atoms with van der Waals surface area (Å²) < 4.78 is 5.30. The SMILES string of the molecule is COc1cc(CC(=O)NCC(C)CN2CCCC2)ccc1C. The van der Waals surface area contributed by atoms with Crippen molar-refractivity contribution in [2.45, 2.75) is 33.1 Å². The lowest BCUT2D eigenvalue weighted by molar-refractivity contribution is -0.120. The van der Waals surface area contributed by atoms with Crippen LogP contribution in [-0.4, -0.2) is 44.1 Å². The molecule has 1 N–H and O–H groups in total. The van der Waals surface area contributed by atoms with E-state index in [1.807, 2.05) is 25.1 Å². The van der Waals surface area contributed by atoms with Crippen LogP contribution in [0.25, 0.3) is 0 Å². The molecule has 1 aliphatic heterocycles. The lowest BCUT2D eigenvalue weighted by Gasteiger charge is -2.20. The number of nitrogens with one attached hydrogen (secondary N) is 1. The average molecular weight is 304 g/mol. The molecule has 4 heteroatoms. The largest absolute Gasteiger partial charge is 0.496 e. The Kier molecular flexibility index (Phi) is 6.25. The fourth-order valence-electron chi connectivity index (χ4n) is 2.98. The number of carbonyl (C=O) groups is 1. The van der Waals surface area contributed by atoms with Gasteiger partial charge in [0, 0.05) is 13.1 Å². The van der Waals surface area contributed by atoms with Gasteiger partial charge in [-0.25, -0.2) is 0 Å². The molecule has 0 saturated carbocycles. The van der Waals surface area contributed by atoms with E-state index in [0.29, 0.717) is 12.3 Å². The number of amides is 1. The molecule has 1 atom stereocenters. The lowest BCUT2D eigenvalue weighted by Crippen LogP contribution is -2.35. The van der Waals surface area contributed by atoms with Crippen LogP contribution in [0.2, 0.25) is 0 Å². The topological polar surface area (TPSA) is 41.6 Å². The number of ether oxygens (including phenoxy) is 1. The monoisotopic (exact) mass is 304 g/mol. The summed E-state index contributed by atoms with van der Waals surface area (Å²) in [5.74, 6) is 1.42. The normalized spacial score (nSPS) is 16.5. The molecular formula is C18H28N2O2. The number of rotatable bonds is 7. The minimum Gasteiger partial charge on any atom is -0.496 e. The van der Waals surface area contributed by atoms with Gasteiger partial charge < -0.3 is 15.0 Å². The second kappa shape index (κ2) is 8.18. The molecule has 1 aromatic rings. The Hall–Kier alpha value is -1.55. The van der Waals surface area contributed by atoms with Gasteiger partial charge in [0.15, 0.2) is 0 Å². The summed E-state index contributed by atoms with van der Waals surface area (Å²) in [6, 6.07) is 5.94. The predicted molar refractivity (Wildman–Crippen MR) is 89.3 cm³/mol. The zero-order valence-electron chi connectivity index (χ0n) is 14.0. The van der Waals surface area contributed by atoms with E-state index in [9.17, 15) is 4.79 Å². The fourth-order valence-corrected chi connectivity index (χ4v) is 2.98. The van der Waals surface area contributed by atoms with Gasteiger partial charge in [-0.05, 0) is 56.0 Å². The van der Waals surface area contributed by atoms with Crippen LogP contribution in [0.4, 0.5) is 0 Å². The number of likely N-dealkylation sites (tertiary alicyclic amines) is 1. The Morgan fingerprint density at radius 1 is 1.36 bits per heavy atom. The summed E-state index contributed by atoms with van der Waals surface area (Å²) in [6.45, 7) is 8.45. The number of benzene rings is 1. The number of hydrogen-bond acceptors (Lipinski definition) is 3. The van der Waals surface area contributed by atoms with E-state index >= 15 is 0 Å². The van der Waals surface area contributed by atoms with Gasteiger partial charge in [0.2, 0.25) is 5.91 Å². The zero-order valence-corrected chi connectivity index (χ0v) is 14.0. The molecule has 0 bridgehead atoms. The van der Waals surface area contributed by atoms with Crippen molar-refractivity contribution in [3.05, 3.63) is 29.3 Å². The minimum absolute atomic E-state index is 0.0826. The van der Waals surface area contributed by atoms with Crippen LogP contribution in [0, 0.1) is 12.8 Å². The van der Waals surface area contributed by atoms with Gasteiger partial charge in [0.1, 0.15) is 5.75 Å². The van der Waals surface area contributed by atoms with Crippen molar-refractivity contribution in [2.24, 2.45) is 5.92 Å². The van der Waals surface area contributed by atoms with Crippen LogP contribution < -0.4 is 10.1 Å². The van der Waals surface area contributed by atoms with Gasteiger partial charge >= 0.3 is 0 Å². The molecule has 2 rings (SSSR count). The maximum absolute atomic E-state index is 12.1. The molecular weight excluding hydrogens is 276 g/mol. The first-order valence-corrected chi connectivity index (χ1v) is 8.21. The first kappa shape index (κ1) is 16.8. The van der Waals surface area contributed by atoms with Crippen LogP contribution in [0.5, 0.6) is 5.75 Å². The first-order valence-electron chi connectivity index (χ1n) is 8.21. The molecule has 0 spiro atoms. The van der Waals surface area contributed by atoms with Crippen molar-refractivity contribution in [3.63, 3.8) is 0 Å². The van der Waals surface area contributed by atoms with E-state index in [0.717, 1.165) is 30.0 Å². The number of aryl methyl sites for hydroxylation is 1. The molecule has 0 aromatic heterocycles. The van der Waals surface area contributed by atoms with E-state index in [4.69, 9.17) is 4.74 Å². The van der Waals surface area contributed by atoms with Crippen molar-refractivity contribution in [1.82, 2.24) is 10.2 Å². The van der Waals surface area contributed by atoms with Gasteiger partial charge in [0.25, 0.3) is 0 Å². The quantitative estimate of drug-likeness (QED) is 0.841. The predicted octanol–water partition coefficient (Wildman–Crippen LogP) is 2.39. The number of methoxy groups -OCH3 is 1. The van der Waals surface area contributed by atoms with E-state index in [2.05, 4.69) is 17.1 Å². The third-order valence-electron chi connectivity index (χ3n) is 4.25. The third-order valence-corrected chi connectivity index (χ3v) is 4.25. The highest BCUT2D eigenvalue weighted by Crippen LogP contribution is 2.19. The van der Waals surface area contributed by atoms with Crippen molar-refractivity contribution in [3.8, 4) is 5.75 Å². The molecule has 0 aliphatic carbocycles. The highest BCUT2D eigenvalue weighted by Gasteiger charge is 2.15. The third kappa shape index (κ3) is 5.02. The van der Waals surface area contributed by atoms with Crippen LogP contribution >= 0.6 is 0 Å². The molecule has 1 unspecified atom stereocenters. The van der Waals surface area contributed by atoms with Crippen molar-refractivity contribution < 1.29 is 9.53 Å². The van der Waals surface area contributed by atoms with Crippen LogP contribution in [-0.2, 0) is 11.2 Å². The lowest BCUT2D eigenvalue weighted by atomic mass is 10.1. The molecule has 4 nitrogen and oxygen atoms in total. The number of carbonyl (C=O) groups excluding carboxylic acids is 1. The number of nitrogens with zero attached hydrogens (tertiary/aromatic N) is 1.